The van der Waals surface area contributed by atoms with Gasteiger partial charge in [-0.25, -0.2) is 0 Å². The topological polar surface area (TPSA) is 92.5 Å². The van der Waals surface area contributed by atoms with E-state index in [1.165, 1.54) is 6.07 Å². The van der Waals surface area contributed by atoms with E-state index >= 15 is 0 Å². The van der Waals surface area contributed by atoms with Crippen LogP contribution in [0.15, 0.2) is 24.3 Å². The number of carboxylic acids is 1. The lowest BCUT2D eigenvalue weighted by atomic mass is 9.98. The Hall–Kier alpha value is -1.95. The molecule has 0 aliphatic rings. The van der Waals surface area contributed by atoms with E-state index in [0.717, 1.165) is 0 Å². The second kappa shape index (κ2) is 6.29. The maximum Gasteiger partial charge on any atom is 0.323 e. The van der Waals surface area contributed by atoms with Crippen molar-refractivity contribution in [2.24, 2.45) is 0 Å². The highest BCUT2D eigenvalue weighted by Gasteiger charge is 2.30. The summed E-state index contributed by atoms with van der Waals surface area (Å²) in [5.41, 5.74) is -0.328. The van der Waals surface area contributed by atoms with Gasteiger partial charge in [0.1, 0.15) is 5.54 Å². The van der Waals surface area contributed by atoms with Crippen molar-refractivity contribution in [3.8, 4) is 0 Å². The van der Waals surface area contributed by atoms with Crippen molar-refractivity contribution in [2.75, 3.05) is 6.54 Å². The number of nitro benzene ring substituents is 1. The van der Waals surface area contributed by atoms with Gasteiger partial charge in [0.2, 0.25) is 0 Å². The van der Waals surface area contributed by atoms with E-state index < -0.39 is 16.4 Å². The Morgan fingerprint density at radius 3 is 2.63 bits per heavy atom. The van der Waals surface area contributed by atoms with Crippen molar-refractivity contribution in [1.82, 2.24) is 5.32 Å². The molecule has 104 valence electrons. The van der Waals surface area contributed by atoms with E-state index in [1.807, 2.05) is 0 Å². The summed E-state index contributed by atoms with van der Waals surface area (Å²) in [6, 6.07) is 6.48. The number of benzene rings is 1. The third-order valence-corrected chi connectivity index (χ3v) is 3.28. The highest BCUT2D eigenvalue weighted by molar-refractivity contribution is 5.78. The Bertz CT molecular complexity index is 475. The number of para-hydroxylation sites is 1. The fourth-order valence-corrected chi connectivity index (χ4v) is 1.73. The fourth-order valence-electron chi connectivity index (χ4n) is 1.73. The molecular weight excluding hydrogens is 248 g/mol. The lowest BCUT2D eigenvalue weighted by Crippen LogP contribution is -2.49. The predicted molar refractivity (Wildman–Crippen MR) is 71.1 cm³/mol. The van der Waals surface area contributed by atoms with Crippen LogP contribution in [0.1, 0.15) is 25.8 Å². The van der Waals surface area contributed by atoms with E-state index in [0.29, 0.717) is 24.9 Å². The first-order valence-corrected chi connectivity index (χ1v) is 6.11. The molecule has 1 aromatic rings. The van der Waals surface area contributed by atoms with E-state index in [4.69, 9.17) is 5.11 Å². The van der Waals surface area contributed by atoms with Crippen LogP contribution in [0.5, 0.6) is 0 Å². The summed E-state index contributed by atoms with van der Waals surface area (Å²) in [7, 11) is 0. The Morgan fingerprint density at radius 2 is 2.11 bits per heavy atom. The quantitative estimate of drug-likeness (QED) is 0.581. The maximum atomic E-state index is 11.1. The Balaban J connectivity index is 2.68. The minimum Gasteiger partial charge on any atom is -0.480 e. The molecule has 0 aliphatic heterocycles. The molecule has 0 aromatic heterocycles. The summed E-state index contributed by atoms with van der Waals surface area (Å²) in [5, 5.41) is 22.9. The van der Waals surface area contributed by atoms with Gasteiger partial charge < -0.3 is 10.4 Å². The number of rotatable bonds is 7. The Morgan fingerprint density at radius 1 is 1.47 bits per heavy atom. The SMILES string of the molecule is CCC(C)(NCCc1ccccc1[N+](=O)[O-])C(=O)O. The minimum absolute atomic E-state index is 0.0674. The number of nitrogens with one attached hydrogen (secondary N) is 1. The summed E-state index contributed by atoms with van der Waals surface area (Å²) in [6.07, 6.45) is 0.860. The van der Waals surface area contributed by atoms with Gasteiger partial charge in [0.25, 0.3) is 5.69 Å². The van der Waals surface area contributed by atoms with Crippen LogP contribution in [-0.4, -0.2) is 28.1 Å². The summed E-state index contributed by atoms with van der Waals surface area (Å²) in [6.45, 7) is 3.77. The van der Waals surface area contributed by atoms with Crippen LogP contribution >= 0.6 is 0 Å². The molecule has 0 bridgehead atoms. The molecule has 0 fully saturated rings. The molecule has 6 heteroatoms. The van der Waals surface area contributed by atoms with E-state index in [9.17, 15) is 14.9 Å². The van der Waals surface area contributed by atoms with Crippen LogP contribution in [-0.2, 0) is 11.2 Å². The van der Waals surface area contributed by atoms with Gasteiger partial charge in [0.05, 0.1) is 4.92 Å². The highest BCUT2D eigenvalue weighted by atomic mass is 16.6. The summed E-state index contributed by atoms with van der Waals surface area (Å²) in [5.74, 6) is -0.919. The standard InChI is InChI=1S/C13H18N2O4/c1-3-13(2,12(16)17)14-9-8-10-6-4-5-7-11(10)15(18)19/h4-7,14H,3,8-9H2,1-2H3,(H,16,17). The molecule has 1 aromatic carbocycles. The van der Waals surface area contributed by atoms with E-state index in [2.05, 4.69) is 5.32 Å². The van der Waals surface area contributed by atoms with Crippen molar-refractivity contribution in [2.45, 2.75) is 32.2 Å². The average molecular weight is 266 g/mol. The average Bonchev–Trinajstić information content (AvgIpc) is 2.38. The van der Waals surface area contributed by atoms with Gasteiger partial charge in [-0.3, -0.25) is 14.9 Å². The lowest BCUT2D eigenvalue weighted by molar-refractivity contribution is -0.385. The molecule has 0 aliphatic carbocycles. The van der Waals surface area contributed by atoms with Gasteiger partial charge in [0, 0.05) is 18.2 Å². The molecule has 1 unspecified atom stereocenters. The van der Waals surface area contributed by atoms with Gasteiger partial charge in [-0.15, -0.1) is 0 Å². The molecule has 1 rings (SSSR count). The van der Waals surface area contributed by atoms with E-state index in [1.54, 1.807) is 32.0 Å². The van der Waals surface area contributed by atoms with Crippen molar-refractivity contribution in [3.63, 3.8) is 0 Å². The summed E-state index contributed by atoms with van der Waals surface area (Å²) in [4.78, 5) is 21.5. The molecule has 0 amide bonds. The first-order valence-electron chi connectivity index (χ1n) is 6.11. The molecule has 0 spiro atoms. The smallest absolute Gasteiger partial charge is 0.323 e. The molecule has 0 radical (unpaired) electrons. The van der Waals surface area contributed by atoms with Crippen LogP contribution in [0.4, 0.5) is 5.69 Å². The third-order valence-electron chi connectivity index (χ3n) is 3.28. The molecule has 2 N–H and O–H groups in total. The Labute approximate surface area is 111 Å². The minimum atomic E-state index is -0.996. The molecule has 0 saturated carbocycles. The second-order valence-electron chi connectivity index (χ2n) is 4.55. The number of carbonyl (C=O) groups is 1. The van der Waals surface area contributed by atoms with E-state index in [-0.39, 0.29) is 5.69 Å². The maximum absolute atomic E-state index is 11.1. The third kappa shape index (κ3) is 3.75. The second-order valence-corrected chi connectivity index (χ2v) is 4.55. The van der Waals surface area contributed by atoms with Crippen LogP contribution in [0.25, 0.3) is 0 Å². The molecule has 6 nitrogen and oxygen atoms in total. The molecule has 1 atom stereocenters. The molecule has 0 heterocycles. The zero-order chi connectivity index (χ0) is 14.5. The predicted octanol–water partition coefficient (Wildman–Crippen LogP) is 1.98. The van der Waals surface area contributed by atoms with Crippen LogP contribution in [0.2, 0.25) is 0 Å². The first-order chi connectivity index (χ1) is 8.90. The number of hydrogen-bond acceptors (Lipinski definition) is 4. The van der Waals surface area contributed by atoms with Crippen molar-refractivity contribution in [1.29, 1.82) is 0 Å². The number of hydrogen-bond donors (Lipinski definition) is 2. The van der Waals surface area contributed by atoms with Gasteiger partial charge in [-0.05, 0) is 19.8 Å². The van der Waals surface area contributed by atoms with Gasteiger partial charge >= 0.3 is 5.97 Å². The Kier molecular flexibility index (Phi) is 5.00. The summed E-state index contributed by atoms with van der Waals surface area (Å²) < 4.78 is 0. The fraction of sp³-hybridized carbons (Fsp3) is 0.462. The number of aliphatic carboxylic acids is 1. The lowest BCUT2D eigenvalue weighted by Gasteiger charge is -2.24. The van der Waals surface area contributed by atoms with Crippen molar-refractivity contribution >= 4 is 11.7 Å². The summed E-state index contributed by atoms with van der Waals surface area (Å²) >= 11 is 0. The zero-order valence-electron chi connectivity index (χ0n) is 11.0. The zero-order valence-corrected chi connectivity index (χ0v) is 11.0. The van der Waals surface area contributed by atoms with Crippen LogP contribution in [0, 0.1) is 10.1 Å². The molecular formula is C13H18N2O4. The normalized spacial score (nSPS) is 13.8. The van der Waals surface area contributed by atoms with Gasteiger partial charge in [-0.2, -0.15) is 0 Å². The largest absolute Gasteiger partial charge is 0.480 e. The molecule has 0 saturated heterocycles. The van der Waals surface area contributed by atoms with Crippen LogP contribution in [0.3, 0.4) is 0 Å². The number of nitrogens with zero attached hydrogens (tertiary/aromatic N) is 1. The highest BCUT2D eigenvalue weighted by Crippen LogP contribution is 2.18. The molecule has 19 heavy (non-hydrogen) atoms. The van der Waals surface area contributed by atoms with Crippen molar-refractivity contribution in [3.05, 3.63) is 39.9 Å². The number of carboxylic acid groups (broad SMARTS) is 1. The van der Waals surface area contributed by atoms with Gasteiger partial charge in [-0.1, -0.05) is 25.1 Å². The number of nitro groups is 1. The van der Waals surface area contributed by atoms with Crippen molar-refractivity contribution < 1.29 is 14.8 Å². The monoisotopic (exact) mass is 266 g/mol. The van der Waals surface area contributed by atoms with Crippen LogP contribution < -0.4 is 5.32 Å². The first kappa shape index (κ1) is 15.1. The van der Waals surface area contributed by atoms with Gasteiger partial charge in [0.15, 0.2) is 0 Å².